The number of rotatable bonds is 1. The number of carbonyl (C=O) groups excluding carboxylic acids is 3. The molecule has 1 spiro atoms. The summed E-state index contributed by atoms with van der Waals surface area (Å²) < 4.78 is 14.6. The number of anilines is 2. The molecule has 0 unspecified atom stereocenters. The summed E-state index contributed by atoms with van der Waals surface area (Å²) in [5, 5.41) is 2.46. The molecule has 2 aromatic carbocycles. The highest BCUT2D eigenvalue weighted by molar-refractivity contribution is 6.20. The quantitative estimate of drug-likeness (QED) is 0.677. The van der Waals surface area contributed by atoms with Crippen molar-refractivity contribution >= 4 is 29.2 Å². The Morgan fingerprint density at radius 2 is 1.64 bits per heavy atom. The Labute approximate surface area is 192 Å². The van der Waals surface area contributed by atoms with E-state index < -0.39 is 34.8 Å². The van der Waals surface area contributed by atoms with E-state index in [0.717, 1.165) is 11.3 Å². The van der Waals surface area contributed by atoms with Crippen molar-refractivity contribution in [1.29, 1.82) is 0 Å². The molecule has 2 saturated heterocycles. The van der Waals surface area contributed by atoms with Crippen molar-refractivity contribution in [2.75, 3.05) is 29.4 Å². The number of piperazine rings is 1. The normalized spacial score (nSPS) is 25.2. The number of halogens is 1. The van der Waals surface area contributed by atoms with Gasteiger partial charge in [-0.05, 0) is 51.0 Å². The molecule has 0 aliphatic carbocycles. The molecule has 0 saturated carbocycles. The Balaban J connectivity index is 1.65. The smallest absolute Gasteiger partial charge is 0.331 e. The first-order valence-electron chi connectivity index (χ1n) is 11.2. The van der Waals surface area contributed by atoms with Crippen molar-refractivity contribution in [2.45, 2.75) is 38.8 Å². The standard InChI is InChI=1S/C25H27FN4O3/c1-24(2,3)30-22(32)25(21(31)27-23(30)33)14-16-8-4-6-10-18(16)29-13-12-28(15-20(25)29)19-11-7-5-9-17(19)26/h4-11,20H,12-15H2,1-3H3,(H,27,31,33)/t20-,25-/m1/s1. The zero-order chi connectivity index (χ0) is 23.5. The Hall–Kier alpha value is -3.42. The summed E-state index contributed by atoms with van der Waals surface area (Å²) in [7, 11) is 0. The van der Waals surface area contributed by atoms with E-state index in [0.29, 0.717) is 18.8 Å². The summed E-state index contributed by atoms with van der Waals surface area (Å²) >= 11 is 0. The summed E-state index contributed by atoms with van der Waals surface area (Å²) in [6.45, 7) is 6.65. The van der Waals surface area contributed by atoms with Gasteiger partial charge in [0.05, 0.1) is 11.7 Å². The van der Waals surface area contributed by atoms with Gasteiger partial charge in [0.15, 0.2) is 5.41 Å². The number of fused-ring (bicyclic) bond motifs is 4. The van der Waals surface area contributed by atoms with Gasteiger partial charge in [-0.1, -0.05) is 30.3 Å². The fourth-order valence-electron chi connectivity index (χ4n) is 5.49. The third-order valence-corrected chi connectivity index (χ3v) is 7.00. The maximum atomic E-state index is 14.6. The molecule has 3 aliphatic rings. The Kier molecular flexibility index (Phi) is 4.74. The second-order valence-electron chi connectivity index (χ2n) is 9.95. The van der Waals surface area contributed by atoms with E-state index in [1.807, 2.05) is 29.2 Å². The fourth-order valence-corrected chi connectivity index (χ4v) is 5.49. The van der Waals surface area contributed by atoms with Crippen molar-refractivity contribution in [3.05, 3.63) is 59.9 Å². The highest BCUT2D eigenvalue weighted by Gasteiger charge is 2.64. The van der Waals surface area contributed by atoms with Crippen molar-refractivity contribution in [3.63, 3.8) is 0 Å². The number of hydrogen-bond acceptors (Lipinski definition) is 5. The van der Waals surface area contributed by atoms with Crippen LogP contribution in [0.3, 0.4) is 0 Å². The second kappa shape index (κ2) is 7.30. The predicted octanol–water partition coefficient (Wildman–Crippen LogP) is 2.94. The van der Waals surface area contributed by atoms with E-state index in [1.165, 1.54) is 11.0 Å². The molecule has 2 atom stereocenters. The first-order chi connectivity index (χ1) is 15.6. The van der Waals surface area contributed by atoms with Crippen LogP contribution in [0.15, 0.2) is 48.5 Å². The first kappa shape index (κ1) is 21.4. The summed E-state index contributed by atoms with van der Waals surface area (Å²) in [6.07, 6.45) is 0.181. The van der Waals surface area contributed by atoms with Crippen LogP contribution in [0, 0.1) is 11.2 Å². The second-order valence-corrected chi connectivity index (χ2v) is 9.95. The number of para-hydroxylation sites is 2. The lowest BCUT2D eigenvalue weighted by Crippen LogP contribution is -2.77. The highest BCUT2D eigenvalue weighted by atomic mass is 19.1. The van der Waals surface area contributed by atoms with Crippen LogP contribution in [-0.4, -0.2) is 54.0 Å². The van der Waals surface area contributed by atoms with Gasteiger partial charge in [0.25, 0.3) is 0 Å². The zero-order valence-corrected chi connectivity index (χ0v) is 19.0. The van der Waals surface area contributed by atoms with Crippen molar-refractivity contribution in [3.8, 4) is 0 Å². The molecular weight excluding hydrogens is 423 g/mol. The van der Waals surface area contributed by atoms with Crippen molar-refractivity contribution in [1.82, 2.24) is 10.2 Å². The summed E-state index contributed by atoms with van der Waals surface area (Å²) in [5.74, 6) is -1.43. The largest absolute Gasteiger partial charge is 0.365 e. The average molecular weight is 451 g/mol. The number of carbonyl (C=O) groups is 3. The van der Waals surface area contributed by atoms with Crippen LogP contribution >= 0.6 is 0 Å². The topological polar surface area (TPSA) is 73.0 Å². The van der Waals surface area contributed by atoms with Crippen LogP contribution in [-0.2, 0) is 16.0 Å². The maximum Gasteiger partial charge on any atom is 0.331 e. The summed E-state index contributed by atoms with van der Waals surface area (Å²) in [4.78, 5) is 45.5. The number of barbiturate groups is 1. The van der Waals surface area contributed by atoms with E-state index >= 15 is 0 Å². The molecule has 1 N–H and O–H groups in total. The van der Waals surface area contributed by atoms with Gasteiger partial charge in [0.1, 0.15) is 5.82 Å². The SMILES string of the molecule is CC(C)(C)N1C(=O)NC(=O)[C@]2(Cc3ccccc3N3CCN(c4ccccc4F)C[C@@H]32)C1=O. The highest BCUT2D eigenvalue weighted by Crippen LogP contribution is 2.47. The minimum Gasteiger partial charge on any atom is -0.365 e. The average Bonchev–Trinajstić information content (AvgIpc) is 2.76. The van der Waals surface area contributed by atoms with Crippen LogP contribution in [0.25, 0.3) is 0 Å². The fraction of sp³-hybridized carbons (Fsp3) is 0.400. The van der Waals surface area contributed by atoms with E-state index in [4.69, 9.17) is 0 Å². The molecule has 3 heterocycles. The molecule has 0 bridgehead atoms. The maximum absolute atomic E-state index is 14.6. The molecule has 3 aliphatic heterocycles. The molecule has 2 aromatic rings. The van der Waals surface area contributed by atoms with E-state index in [1.54, 1.807) is 39.0 Å². The van der Waals surface area contributed by atoms with Gasteiger partial charge in [-0.15, -0.1) is 0 Å². The van der Waals surface area contributed by atoms with Gasteiger partial charge in [-0.3, -0.25) is 19.8 Å². The van der Waals surface area contributed by atoms with Gasteiger partial charge < -0.3 is 9.80 Å². The number of imide groups is 2. The minimum atomic E-state index is -1.50. The lowest BCUT2D eigenvalue weighted by Gasteiger charge is -2.56. The van der Waals surface area contributed by atoms with Crippen LogP contribution in [0.2, 0.25) is 0 Å². The summed E-state index contributed by atoms with van der Waals surface area (Å²) in [6, 6.07) is 13.0. The number of benzene rings is 2. The van der Waals surface area contributed by atoms with Gasteiger partial charge in [0, 0.05) is 30.9 Å². The van der Waals surface area contributed by atoms with E-state index in [2.05, 4.69) is 10.2 Å². The Morgan fingerprint density at radius 3 is 2.33 bits per heavy atom. The molecule has 8 heteroatoms. The molecule has 5 rings (SSSR count). The first-order valence-corrected chi connectivity index (χ1v) is 11.2. The molecule has 0 aromatic heterocycles. The minimum absolute atomic E-state index is 0.181. The molecule has 0 radical (unpaired) electrons. The molecule has 172 valence electrons. The van der Waals surface area contributed by atoms with Gasteiger partial charge in [0.2, 0.25) is 11.8 Å². The van der Waals surface area contributed by atoms with Gasteiger partial charge >= 0.3 is 6.03 Å². The molecule has 7 nitrogen and oxygen atoms in total. The Bertz CT molecular complexity index is 1160. The van der Waals surface area contributed by atoms with Crippen LogP contribution in [0.4, 0.5) is 20.6 Å². The van der Waals surface area contributed by atoms with E-state index in [9.17, 15) is 18.8 Å². The summed E-state index contributed by atoms with van der Waals surface area (Å²) in [5.41, 5.74) is -0.00441. The number of nitrogens with one attached hydrogen (secondary N) is 1. The van der Waals surface area contributed by atoms with Crippen molar-refractivity contribution in [2.24, 2.45) is 5.41 Å². The van der Waals surface area contributed by atoms with Crippen molar-refractivity contribution < 1.29 is 18.8 Å². The number of amides is 4. The van der Waals surface area contributed by atoms with Crippen LogP contribution in [0.5, 0.6) is 0 Å². The lowest BCUT2D eigenvalue weighted by atomic mass is 9.67. The van der Waals surface area contributed by atoms with Gasteiger partial charge in [-0.2, -0.15) is 0 Å². The molecule has 33 heavy (non-hydrogen) atoms. The number of urea groups is 1. The Morgan fingerprint density at radius 1 is 0.970 bits per heavy atom. The monoisotopic (exact) mass is 450 g/mol. The lowest BCUT2D eigenvalue weighted by molar-refractivity contribution is -0.156. The van der Waals surface area contributed by atoms with Crippen LogP contribution < -0.4 is 15.1 Å². The molecule has 4 amide bonds. The number of hydrogen-bond donors (Lipinski definition) is 1. The van der Waals surface area contributed by atoms with Crippen LogP contribution in [0.1, 0.15) is 26.3 Å². The third-order valence-electron chi connectivity index (χ3n) is 7.00. The van der Waals surface area contributed by atoms with Gasteiger partial charge in [-0.25, -0.2) is 9.18 Å². The van der Waals surface area contributed by atoms with E-state index in [-0.39, 0.29) is 18.8 Å². The molecular formula is C25H27FN4O3. The predicted molar refractivity (Wildman–Crippen MR) is 122 cm³/mol. The zero-order valence-electron chi connectivity index (χ0n) is 19.0. The molecule has 2 fully saturated rings. The third kappa shape index (κ3) is 3.11. The number of nitrogens with zero attached hydrogens (tertiary/aromatic N) is 3.